The first kappa shape index (κ1) is 16.3. The Morgan fingerprint density at radius 1 is 1.11 bits per heavy atom. The Balaban J connectivity index is 2.43. The van der Waals surface area contributed by atoms with Gasteiger partial charge in [0.25, 0.3) is 0 Å². The first-order valence-corrected chi connectivity index (χ1v) is 9.94. The molecule has 0 saturated carbocycles. The highest BCUT2D eigenvalue weighted by Crippen LogP contribution is 2.36. The van der Waals surface area contributed by atoms with Gasteiger partial charge in [0.15, 0.2) is 8.32 Å². The predicted molar refractivity (Wildman–Crippen MR) is 84.5 cm³/mol. The molecule has 0 bridgehead atoms. The summed E-state index contributed by atoms with van der Waals surface area (Å²) in [6, 6.07) is 8.22. The fraction of sp³-hybridized carbons (Fsp3) is 0.625. The van der Waals surface area contributed by atoms with E-state index in [-0.39, 0.29) is 5.04 Å². The molecule has 0 amide bonds. The first-order valence-electron chi connectivity index (χ1n) is 7.04. The van der Waals surface area contributed by atoms with Gasteiger partial charge in [-0.25, -0.2) is 0 Å². The van der Waals surface area contributed by atoms with Crippen LogP contribution in [0.25, 0.3) is 0 Å². The lowest BCUT2D eigenvalue weighted by Gasteiger charge is -2.36. The van der Waals surface area contributed by atoms with Crippen molar-refractivity contribution in [3.8, 4) is 5.75 Å². The van der Waals surface area contributed by atoms with Gasteiger partial charge in [0.2, 0.25) is 0 Å². The molecule has 19 heavy (non-hydrogen) atoms. The van der Waals surface area contributed by atoms with Crippen LogP contribution in [-0.2, 0) is 10.8 Å². The summed E-state index contributed by atoms with van der Waals surface area (Å²) in [4.78, 5) is 0. The Morgan fingerprint density at radius 3 is 2.32 bits per heavy atom. The summed E-state index contributed by atoms with van der Waals surface area (Å²) in [6.45, 7) is 12.3. The summed E-state index contributed by atoms with van der Waals surface area (Å²) in [5.74, 6) is 0.981. The van der Waals surface area contributed by atoms with E-state index in [0.717, 1.165) is 25.2 Å². The zero-order valence-corrected chi connectivity index (χ0v) is 14.2. The first-order chi connectivity index (χ1) is 8.78. The van der Waals surface area contributed by atoms with Crippen LogP contribution in [0, 0.1) is 0 Å². The number of hydrogen-bond donors (Lipinski definition) is 0. The van der Waals surface area contributed by atoms with Crippen molar-refractivity contribution in [3.63, 3.8) is 0 Å². The van der Waals surface area contributed by atoms with Crippen LogP contribution in [0.2, 0.25) is 18.1 Å². The largest absolute Gasteiger partial charge is 0.496 e. The van der Waals surface area contributed by atoms with Crippen molar-refractivity contribution < 1.29 is 9.16 Å². The number of para-hydroxylation sites is 1. The minimum atomic E-state index is -1.60. The second-order valence-corrected chi connectivity index (χ2v) is 11.3. The molecular formula is C16H28O2Si. The zero-order chi connectivity index (χ0) is 14.5. The maximum Gasteiger partial charge on any atom is 0.191 e. The van der Waals surface area contributed by atoms with Crippen molar-refractivity contribution >= 4 is 8.32 Å². The minimum Gasteiger partial charge on any atom is -0.496 e. The third-order valence-electron chi connectivity index (χ3n) is 4.05. The molecule has 0 aromatic heterocycles. The van der Waals surface area contributed by atoms with Crippen molar-refractivity contribution in [2.75, 3.05) is 13.7 Å². The average molecular weight is 280 g/mol. The van der Waals surface area contributed by atoms with Crippen molar-refractivity contribution in [2.24, 2.45) is 0 Å². The molecule has 0 spiro atoms. The Bertz CT molecular complexity index is 394. The van der Waals surface area contributed by atoms with Crippen molar-refractivity contribution in [3.05, 3.63) is 29.8 Å². The van der Waals surface area contributed by atoms with Crippen LogP contribution < -0.4 is 4.74 Å². The van der Waals surface area contributed by atoms with E-state index < -0.39 is 8.32 Å². The van der Waals surface area contributed by atoms with Gasteiger partial charge in [0, 0.05) is 6.61 Å². The van der Waals surface area contributed by atoms with E-state index in [4.69, 9.17) is 9.16 Å². The molecule has 1 aromatic rings. The molecule has 0 aliphatic rings. The molecule has 0 aliphatic heterocycles. The molecule has 0 saturated heterocycles. The van der Waals surface area contributed by atoms with Gasteiger partial charge in [-0.15, -0.1) is 0 Å². The maximum atomic E-state index is 6.19. The van der Waals surface area contributed by atoms with Gasteiger partial charge in [-0.1, -0.05) is 39.0 Å². The SMILES string of the molecule is COc1ccccc1CCCO[Si](C)(C)C(C)(C)C. The lowest BCUT2D eigenvalue weighted by atomic mass is 10.1. The average Bonchev–Trinajstić information content (AvgIpc) is 2.33. The molecule has 0 heterocycles. The lowest BCUT2D eigenvalue weighted by molar-refractivity contribution is 0.282. The number of rotatable bonds is 6. The fourth-order valence-electron chi connectivity index (χ4n) is 1.72. The fourth-order valence-corrected chi connectivity index (χ4v) is 2.80. The number of methoxy groups -OCH3 is 1. The molecule has 1 rings (SSSR count). The zero-order valence-electron chi connectivity index (χ0n) is 13.2. The normalized spacial score (nSPS) is 12.5. The van der Waals surface area contributed by atoms with E-state index in [2.05, 4.69) is 46.0 Å². The summed E-state index contributed by atoms with van der Waals surface area (Å²) in [5, 5.41) is 0.289. The van der Waals surface area contributed by atoms with E-state index in [1.165, 1.54) is 5.56 Å². The van der Waals surface area contributed by atoms with Crippen molar-refractivity contribution in [1.82, 2.24) is 0 Å². The molecular weight excluding hydrogens is 252 g/mol. The molecule has 2 nitrogen and oxygen atoms in total. The van der Waals surface area contributed by atoms with Crippen molar-refractivity contribution in [1.29, 1.82) is 0 Å². The molecule has 0 atom stereocenters. The van der Waals surface area contributed by atoms with Gasteiger partial charge in [0.1, 0.15) is 5.75 Å². The van der Waals surface area contributed by atoms with Gasteiger partial charge in [-0.2, -0.15) is 0 Å². The maximum absolute atomic E-state index is 6.19. The van der Waals surface area contributed by atoms with Gasteiger partial charge in [0.05, 0.1) is 7.11 Å². The quantitative estimate of drug-likeness (QED) is 0.558. The van der Waals surface area contributed by atoms with Gasteiger partial charge in [-0.05, 0) is 42.6 Å². The molecule has 0 fully saturated rings. The van der Waals surface area contributed by atoms with Gasteiger partial charge < -0.3 is 9.16 Å². The van der Waals surface area contributed by atoms with Crippen LogP contribution >= 0.6 is 0 Å². The van der Waals surface area contributed by atoms with E-state index in [1.807, 2.05) is 12.1 Å². The highest BCUT2D eigenvalue weighted by molar-refractivity contribution is 6.74. The van der Waals surface area contributed by atoms with E-state index in [1.54, 1.807) is 7.11 Å². The molecule has 0 unspecified atom stereocenters. The third kappa shape index (κ3) is 4.66. The van der Waals surface area contributed by atoms with Gasteiger partial charge >= 0.3 is 0 Å². The van der Waals surface area contributed by atoms with E-state index in [0.29, 0.717) is 0 Å². The summed E-state index contributed by atoms with van der Waals surface area (Å²) in [7, 11) is 0.131. The number of aryl methyl sites for hydroxylation is 1. The molecule has 1 aromatic carbocycles. The standard InChI is InChI=1S/C16H28O2Si/c1-16(2,3)19(5,6)18-13-9-11-14-10-7-8-12-15(14)17-4/h7-8,10,12H,9,11,13H2,1-6H3. The molecule has 0 N–H and O–H groups in total. The molecule has 0 aliphatic carbocycles. The minimum absolute atomic E-state index is 0.289. The highest BCUT2D eigenvalue weighted by atomic mass is 28.4. The Labute approximate surface area is 119 Å². The van der Waals surface area contributed by atoms with Crippen molar-refractivity contribution in [2.45, 2.75) is 51.7 Å². The topological polar surface area (TPSA) is 18.5 Å². The summed E-state index contributed by atoms with van der Waals surface area (Å²) in [5.41, 5.74) is 1.27. The Hall–Kier alpha value is -0.803. The molecule has 108 valence electrons. The van der Waals surface area contributed by atoms with E-state index >= 15 is 0 Å². The molecule has 0 radical (unpaired) electrons. The second-order valence-electron chi connectivity index (χ2n) is 6.52. The highest BCUT2D eigenvalue weighted by Gasteiger charge is 2.36. The monoisotopic (exact) mass is 280 g/mol. The lowest BCUT2D eigenvalue weighted by Crippen LogP contribution is -2.41. The summed E-state index contributed by atoms with van der Waals surface area (Å²) in [6.07, 6.45) is 2.06. The van der Waals surface area contributed by atoms with Crippen LogP contribution in [0.1, 0.15) is 32.8 Å². The number of hydrogen-bond acceptors (Lipinski definition) is 2. The predicted octanol–water partition coefficient (Wildman–Crippen LogP) is 4.65. The Morgan fingerprint density at radius 2 is 1.74 bits per heavy atom. The van der Waals surface area contributed by atoms with Crippen LogP contribution in [0.15, 0.2) is 24.3 Å². The van der Waals surface area contributed by atoms with E-state index in [9.17, 15) is 0 Å². The number of benzene rings is 1. The summed E-state index contributed by atoms with van der Waals surface area (Å²) < 4.78 is 11.6. The van der Waals surface area contributed by atoms with Crippen LogP contribution in [-0.4, -0.2) is 22.0 Å². The van der Waals surface area contributed by atoms with Crippen LogP contribution in [0.5, 0.6) is 5.75 Å². The molecule has 3 heteroatoms. The van der Waals surface area contributed by atoms with Crippen LogP contribution in [0.4, 0.5) is 0 Å². The summed E-state index contributed by atoms with van der Waals surface area (Å²) >= 11 is 0. The van der Waals surface area contributed by atoms with Crippen LogP contribution in [0.3, 0.4) is 0 Å². The Kier molecular flexibility index (Phi) is 5.62. The van der Waals surface area contributed by atoms with Gasteiger partial charge in [-0.3, -0.25) is 0 Å². The third-order valence-corrected chi connectivity index (χ3v) is 8.59. The second kappa shape index (κ2) is 6.57. The smallest absolute Gasteiger partial charge is 0.191 e. The number of ether oxygens (including phenoxy) is 1.